The Hall–Kier alpha value is -3.25. The standard InChI is InChI=1S/C23H20N4OS/c1-17-10-12-19(13-11-17)21(28)16-29-23-26-25-22(20-9-5-6-14-24-20)27(23)15-18-7-3-2-4-8-18/h2-14H,15-16H2,1H3. The van der Waals surface area contributed by atoms with Gasteiger partial charge in [-0.2, -0.15) is 0 Å². The number of pyridine rings is 1. The fourth-order valence-electron chi connectivity index (χ4n) is 2.94. The molecule has 4 rings (SSSR count). The predicted octanol–water partition coefficient (Wildman–Crippen LogP) is 4.67. The average molecular weight is 401 g/mol. The second kappa shape index (κ2) is 8.84. The van der Waals surface area contributed by atoms with E-state index in [0.717, 1.165) is 16.8 Å². The third kappa shape index (κ3) is 4.60. The Morgan fingerprint density at radius 2 is 1.69 bits per heavy atom. The summed E-state index contributed by atoms with van der Waals surface area (Å²) < 4.78 is 2.02. The Balaban J connectivity index is 1.59. The number of Topliss-reactive ketones (excluding diaryl/α,β-unsaturated/α-hetero) is 1. The summed E-state index contributed by atoms with van der Waals surface area (Å²) in [6, 6.07) is 23.5. The van der Waals surface area contributed by atoms with Gasteiger partial charge >= 0.3 is 0 Å². The summed E-state index contributed by atoms with van der Waals surface area (Å²) in [5, 5.41) is 9.42. The highest BCUT2D eigenvalue weighted by Crippen LogP contribution is 2.24. The van der Waals surface area contributed by atoms with E-state index in [0.29, 0.717) is 28.8 Å². The van der Waals surface area contributed by atoms with Crippen molar-refractivity contribution in [3.05, 3.63) is 95.7 Å². The topological polar surface area (TPSA) is 60.7 Å². The van der Waals surface area contributed by atoms with E-state index in [-0.39, 0.29) is 5.78 Å². The molecule has 29 heavy (non-hydrogen) atoms. The van der Waals surface area contributed by atoms with Crippen molar-refractivity contribution in [1.29, 1.82) is 0 Å². The molecule has 0 aliphatic rings. The van der Waals surface area contributed by atoms with Gasteiger partial charge in [0.05, 0.1) is 12.3 Å². The van der Waals surface area contributed by atoms with Gasteiger partial charge in [0.15, 0.2) is 16.8 Å². The van der Waals surface area contributed by atoms with Crippen LogP contribution in [0.3, 0.4) is 0 Å². The number of carbonyl (C=O) groups is 1. The Morgan fingerprint density at radius 1 is 0.931 bits per heavy atom. The van der Waals surface area contributed by atoms with E-state index >= 15 is 0 Å². The first kappa shape index (κ1) is 19.1. The zero-order valence-electron chi connectivity index (χ0n) is 16.0. The molecule has 4 aromatic rings. The van der Waals surface area contributed by atoms with E-state index < -0.39 is 0 Å². The van der Waals surface area contributed by atoms with Gasteiger partial charge in [-0.25, -0.2) is 0 Å². The number of carbonyl (C=O) groups excluding carboxylic acids is 1. The average Bonchev–Trinajstić information content (AvgIpc) is 3.16. The first-order valence-electron chi connectivity index (χ1n) is 9.32. The normalized spacial score (nSPS) is 10.8. The van der Waals surface area contributed by atoms with Crippen LogP contribution in [0.4, 0.5) is 0 Å². The number of hydrogen-bond acceptors (Lipinski definition) is 5. The van der Waals surface area contributed by atoms with Crippen LogP contribution in [0.2, 0.25) is 0 Å². The maximum Gasteiger partial charge on any atom is 0.192 e. The molecule has 0 aliphatic heterocycles. The van der Waals surface area contributed by atoms with E-state index in [9.17, 15) is 4.79 Å². The molecule has 2 aromatic heterocycles. The minimum absolute atomic E-state index is 0.0728. The number of hydrogen-bond donors (Lipinski definition) is 0. The first-order valence-corrected chi connectivity index (χ1v) is 10.3. The van der Waals surface area contributed by atoms with Gasteiger partial charge in [-0.1, -0.05) is 78.0 Å². The maximum atomic E-state index is 12.6. The summed E-state index contributed by atoms with van der Waals surface area (Å²) in [4.78, 5) is 17.0. The van der Waals surface area contributed by atoms with Crippen molar-refractivity contribution < 1.29 is 4.79 Å². The molecule has 0 saturated carbocycles. The maximum absolute atomic E-state index is 12.6. The fourth-order valence-corrected chi connectivity index (χ4v) is 3.77. The highest BCUT2D eigenvalue weighted by Gasteiger charge is 2.17. The molecule has 2 aromatic carbocycles. The van der Waals surface area contributed by atoms with Gasteiger partial charge < -0.3 is 0 Å². The van der Waals surface area contributed by atoms with Gasteiger partial charge in [-0.05, 0) is 24.6 Å². The minimum atomic E-state index is 0.0728. The zero-order chi connectivity index (χ0) is 20.1. The van der Waals surface area contributed by atoms with Crippen LogP contribution in [-0.4, -0.2) is 31.3 Å². The number of rotatable bonds is 7. The van der Waals surface area contributed by atoms with E-state index in [2.05, 4.69) is 27.3 Å². The first-order chi connectivity index (χ1) is 14.2. The van der Waals surface area contributed by atoms with Crippen molar-refractivity contribution >= 4 is 17.5 Å². The Labute approximate surface area is 173 Å². The molecule has 0 unspecified atom stereocenters. The summed E-state index contributed by atoms with van der Waals surface area (Å²) in [7, 11) is 0. The highest BCUT2D eigenvalue weighted by atomic mass is 32.2. The molecular weight excluding hydrogens is 380 g/mol. The second-order valence-electron chi connectivity index (χ2n) is 6.67. The quantitative estimate of drug-likeness (QED) is 0.333. The Bertz CT molecular complexity index is 1090. The number of benzene rings is 2. The van der Waals surface area contributed by atoms with Crippen LogP contribution < -0.4 is 0 Å². The van der Waals surface area contributed by atoms with E-state index in [1.807, 2.05) is 72.2 Å². The molecule has 0 saturated heterocycles. The van der Waals surface area contributed by atoms with Gasteiger partial charge in [0.1, 0.15) is 5.69 Å². The summed E-state index contributed by atoms with van der Waals surface area (Å²) in [6.45, 7) is 2.62. The monoisotopic (exact) mass is 400 g/mol. The summed E-state index contributed by atoms with van der Waals surface area (Å²) >= 11 is 1.40. The van der Waals surface area contributed by atoms with Crippen LogP contribution in [0.25, 0.3) is 11.5 Å². The van der Waals surface area contributed by atoms with E-state index in [1.165, 1.54) is 11.8 Å². The third-order valence-corrected chi connectivity index (χ3v) is 5.47. The lowest BCUT2D eigenvalue weighted by atomic mass is 10.1. The highest BCUT2D eigenvalue weighted by molar-refractivity contribution is 7.99. The second-order valence-corrected chi connectivity index (χ2v) is 7.61. The summed E-state index contributed by atoms with van der Waals surface area (Å²) in [5.74, 6) is 1.07. The largest absolute Gasteiger partial charge is 0.296 e. The van der Waals surface area contributed by atoms with Crippen LogP contribution in [0.5, 0.6) is 0 Å². The molecule has 0 amide bonds. The molecule has 0 spiro atoms. The van der Waals surface area contributed by atoms with Crippen LogP contribution >= 0.6 is 11.8 Å². The molecule has 144 valence electrons. The molecule has 0 N–H and O–H groups in total. The lowest BCUT2D eigenvalue weighted by molar-refractivity contribution is 0.102. The molecule has 0 fully saturated rings. The Morgan fingerprint density at radius 3 is 2.41 bits per heavy atom. The van der Waals surface area contributed by atoms with Crippen molar-refractivity contribution in [1.82, 2.24) is 19.7 Å². The van der Waals surface area contributed by atoms with Gasteiger partial charge in [0.2, 0.25) is 0 Å². The third-order valence-electron chi connectivity index (χ3n) is 4.50. The molecular formula is C23H20N4OS. The van der Waals surface area contributed by atoms with Crippen molar-refractivity contribution in [3.8, 4) is 11.5 Å². The van der Waals surface area contributed by atoms with Crippen LogP contribution in [-0.2, 0) is 6.54 Å². The molecule has 0 atom stereocenters. The minimum Gasteiger partial charge on any atom is -0.296 e. The molecule has 6 heteroatoms. The molecule has 0 radical (unpaired) electrons. The number of nitrogens with zero attached hydrogens (tertiary/aromatic N) is 4. The molecule has 0 bridgehead atoms. The Kier molecular flexibility index (Phi) is 5.81. The summed E-state index contributed by atoms with van der Waals surface area (Å²) in [6.07, 6.45) is 1.74. The fraction of sp³-hybridized carbons (Fsp3) is 0.130. The predicted molar refractivity (Wildman–Crippen MR) is 115 cm³/mol. The lowest BCUT2D eigenvalue weighted by Crippen LogP contribution is -2.07. The molecule has 0 aliphatic carbocycles. The van der Waals surface area contributed by atoms with Crippen LogP contribution in [0.1, 0.15) is 21.5 Å². The summed E-state index contributed by atoms with van der Waals surface area (Å²) in [5.41, 5.74) is 3.74. The molecule has 2 heterocycles. The number of aromatic nitrogens is 4. The van der Waals surface area contributed by atoms with Crippen LogP contribution in [0, 0.1) is 6.92 Å². The zero-order valence-corrected chi connectivity index (χ0v) is 16.8. The SMILES string of the molecule is Cc1ccc(C(=O)CSc2nnc(-c3ccccn3)n2Cc2ccccc2)cc1. The smallest absolute Gasteiger partial charge is 0.192 e. The van der Waals surface area contributed by atoms with Crippen molar-refractivity contribution in [2.24, 2.45) is 0 Å². The lowest BCUT2D eigenvalue weighted by Gasteiger charge is -2.10. The van der Waals surface area contributed by atoms with Gasteiger partial charge in [-0.15, -0.1) is 10.2 Å². The number of ketones is 1. The van der Waals surface area contributed by atoms with Gasteiger partial charge in [0.25, 0.3) is 0 Å². The van der Waals surface area contributed by atoms with Crippen molar-refractivity contribution in [2.75, 3.05) is 5.75 Å². The van der Waals surface area contributed by atoms with Crippen molar-refractivity contribution in [3.63, 3.8) is 0 Å². The van der Waals surface area contributed by atoms with E-state index in [4.69, 9.17) is 0 Å². The van der Waals surface area contributed by atoms with Crippen molar-refractivity contribution in [2.45, 2.75) is 18.6 Å². The van der Waals surface area contributed by atoms with Gasteiger partial charge in [0, 0.05) is 11.8 Å². The number of thioether (sulfide) groups is 1. The van der Waals surface area contributed by atoms with Gasteiger partial charge in [-0.3, -0.25) is 14.3 Å². The van der Waals surface area contributed by atoms with E-state index in [1.54, 1.807) is 6.20 Å². The van der Waals surface area contributed by atoms with Crippen LogP contribution in [0.15, 0.2) is 84.1 Å². The number of aryl methyl sites for hydroxylation is 1. The molecule has 5 nitrogen and oxygen atoms in total.